The second-order valence-corrected chi connectivity index (χ2v) is 12.2. The first-order chi connectivity index (χ1) is 23.3. The first-order valence-electron chi connectivity index (χ1n) is 15.8. The summed E-state index contributed by atoms with van der Waals surface area (Å²) in [5.74, 6) is -0.0722. The number of ether oxygens (including phenoxy) is 1. The lowest BCUT2D eigenvalue weighted by molar-refractivity contribution is -0.138. The van der Waals surface area contributed by atoms with Gasteiger partial charge in [-0.25, -0.2) is 14.4 Å². The van der Waals surface area contributed by atoms with Crippen LogP contribution in [0.4, 0.5) is 15.8 Å². The molecule has 2 aliphatic heterocycles. The number of hydrogen-bond acceptors (Lipinski definition) is 8. The summed E-state index contributed by atoms with van der Waals surface area (Å²) in [6.07, 6.45) is 6.77. The molecule has 1 saturated heterocycles. The third kappa shape index (κ3) is 6.15. The Labute approximate surface area is 276 Å². The first-order valence-corrected chi connectivity index (χ1v) is 15.8. The van der Waals surface area contributed by atoms with Gasteiger partial charge in [-0.3, -0.25) is 19.6 Å². The van der Waals surface area contributed by atoms with Crippen LogP contribution in [0.15, 0.2) is 85.2 Å². The number of nitrogen functional groups attached to an aromatic ring is 1. The summed E-state index contributed by atoms with van der Waals surface area (Å²) in [5.41, 5.74) is 10.6. The summed E-state index contributed by atoms with van der Waals surface area (Å²) in [7, 11) is 1.53. The number of aromatic nitrogens is 4. The average molecular weight is 647 g/mol. The zero-order chi connectivity index (χ0) is 33.3. The summed E-state index contributed by atoms with van der Waals surface area (Å²) in [5, 5.41) is 11.1. The molecule has 0 radical (unpaired) electrons. The van der Waals surface area contributed by atoms with E-state index in [1.165, 1.54) is 24.8 Å². The second kappa shape index (κ2) is 13.0. The van der Waals surface area contributed by atoms with Crippen molar-refractivity contribution in [3.63, 3.8) is 0 Å². The maximum Gasteiger partial charge on any atom is 0.258 e. The molecular weight excluding hydrogens is 611 g/mol. The number of likely N-dealkylation sites (tertiary alicyclic amines) is 1. The maximum atomic E-state index is 13.8. The Balaban J connectivity index is 0.966. The SMILES string of the molecule is CO[C@@]1(C(=O)Nc2ccc3[nH]nc(-c4ccc(F)c(N)c4)c3c2)CCN(CC(=O)N2CC=C(c3ccc(-c4ncccn4)cc3)CC2)C1. The summed E-state index contributed by atoms with van der Waals surface area (Å²) in [6.45, 7) is 2.21. The molecule has 1 atom stereocenters. The first kappa shape index (κ1) is 31.2. The Morgan fingerprint density at radius 3 is 2.52 bits per heavy atom. The van der Waals surface area contributed by atoms with Gasteiger partial charge in [0.15, 0.2) is 11.4 Å². The lowest BCUT2D eigenvalue weighted by Crippen LogP contribution is -2.48. The number of H-pyrrole nitrogens is 1. The number of carbonyl (C=O) groups excluding carboxylic acids is 2. The fourth-order valence-electron chi connectivity index (χ4n) is 6.42. The fraction of sp³-hybridized carbons (Fsp3) is 0.250. The number of aromatic amines is 1. The number of carbonyl (C=O) groups is 2. The number of nitrogens with zero attached hydrogens (tertiary/aromatic N) is 5. The largest absolute Gasteiger partial charge is 0.396 e. The predicted molar refractivity (Wildman–Crippen MR) is 182 cm³/mol. The van der Waals surface area contributed by atoms with E-state index >= 15 is 0 Å². The molecule has 4 N–H and O–H groups in total. The molecule has 7 rings (SSSR count). The molecule has 244 valence electrons. The molecule has 0 spiro atoms. The van der Waals surface area contributed by atoms with Crippen molar-refractivity contribution in [3.05, 3.63) is 96.6 Å². The van der Waals surface area contributed by atoms with Crippen LogP contribution in [0.5, 0.6) is 0 Å². The van der Waals surface area contributed by atoms with E-state index in [0.717, 1.165) is 28.5 Å². The molecule has 48 heavy (non-hydrogen) atoms. The van der Waals surface area contributed by atoms with Crippen molar-refractivity contribution in [1.29, 1.82) is 0 Å². The molecular formula is C36H35FN8O3. The van der Waals surface area contributed by atoms with Gasteiger partial charge in [-0.05, 0) is 66.4 Å². The Hall–Kier alpha value is -5.46. The van der Waals surface area contributed by atoms with Gasteiger partial charge >= 0.3 is 0 Å². The molecule has 0 bridgehead atoms. The maximum absolute atomic E-state index is 13.8. The molecule has 2 amide bonds. The smallest absolute Gasteiger partial charge is 0.258 e. The third-order valence-corrected chi connectivity index (χ3v) is 9.21. The summed E-state index contributed by atoms with van der Waals surface area (Å²) >= 11 is 0. The van der Waals surface area contributed by atoms with Crippen molar-refractivity contribution in [2.75, 3.05) is 50.9 Å². The number of halogens is 1. The van der Waals surface area contributed by atoms with E-state index in [1.807, 2.05) is 34.1 Å². The number of hydrogen-bond donors (Lipinski definition) is 3. The van der Waals surface area contributed by atoms with E-state index in [-0.39, 0.29) is 24.0 Å². The Kier molecular flexibility index (Phi) is 8.42. The van der Waals surface area contributed by atoms with Crippen molar-refractivity contribution in [1.82, 2.24) is 30.0 Å². The molecule has 0 saturated carbocycles. The van der Waals surface area contributed by atoms with E-state index < -0.39 is 11.4 Å². The van der Waals surface area contributed by atoms with Gasteiger partial charge in [0.2, 0.25) is 5.91 Å². The highest BCUT2D eigenvalue weighted by atomic mass is 19.1. The lowest BCUT2D eigenvalue weighted by Gasteiger charge is -2.30. The lowest BCUT2D eigenvalue weighted by atomic mass is 9.98. The van der Waals surface area contributed by atoms with Crippen LogP contribution < -0.4 is 11.1 Å². The third-order valence-electron chi connectivity index (χ3n) is 9.21. The van der Waals surface area contributed by atoms with Gasteiger partial charge in [-0.2, -0.15) is 5.10 Å². The number of fused-ring (bicyclic) bond motifs is 1. The molecule has 0 aliphatic carbocycles. The number of anilines is 2. The Bertz CT molecular complexity index is 2010. The van der Waals surface area contributed by atoms with E-state index in [4.69, 9.17) is 10.5 Å². The van der Waals surface area contributed by atoms with E-state index in [0.29, 0.717) is 55.4 Å². The molecule has 11 nitrogen and oxygen atoms in total. The molecule has 12 heteroatoms. The van der Waals surface area contributed by atoms with Crippen molar-refractivity contribution in [2.45, 2.75) is 18.4 Å². The highest BCUT2D eigenvalue weighted by molar-refractivity contribution is 6.01. The second-order valence-electron chi connectivity index (χ2n) is 12.2. The molecule has 3 aromatic carbocycles. The summed E-state index contributed by atoms with van der Waals surface area (Å²) < 4.78 is 19.6. The van der Waals surface area contributed by atoms with Crippen LogP contribution in [0, 0.1) is 5.82 Å². The quantitative estimate of drug-likeness (QED) is 0.205. The monoisotopic (exact) mass is 646 g/mol. The Morgan fingerprint density at radius 1 is 1.02 bits per heavy atom. The van der Waals surface area contributed by atoms with Gasteiger partial charge < -0.3 is 20.7 Å². The van der Waals surface area contributed by atoms with Crippen LogP contribution >= 0.6 is 0 Å². The van der Waals surface area contributed by atoms with Crippen LogP contribution in [0.3, 0.4) is 0 Å². The van der Waals surface area contributed by atoms with Crippen LogP contribution in [0.2, 0.25) is 0 Å². The molecule has 5 aromatic rings. The standard InChI is InChI=1S/C36H35FN8O3/c1-48-36(35(47)41-27-8-10-31-28(20-27)33(43-42-31)26-7-9-29(37)30(38)19-26)13-18-44(22-36)21-32(46)45-16-11-24(12-17-45)23-3-5-25(6-4-23)34-39-14-2-15-40-34/h2-11,14-15,19-20H,12-13,16-18,21-22,38H2,1H3,(H,41,47)(H,42,43)/t36-/m0/s1. The highest BCUT2D eigenvalue weighted by Gasteiger charge is 2.45. The molecule has 2 aliphatic rings. The zero-order valence-electron chi connectivity index (χ0n) is 26.4. The van der Waals surface area contributed by atoms with Crippen molar-refractivity contribution < 1.29 is 18.7 Å². The van der Waals surface area contributed by atoms with Crippen molar-refractivity contribution in [3.8, 4) is 22.6 Å². The number of benzene rings is 3. The number of nitrogens with two attached hydrogens (primary N) is 1. The molecule has 2 aromatic heterocycles. The number of amides is 2. The van der Waals surface area contributed by atoms with Gasteiger partial charge in [-0.1, -0.05) is 30.3 Å². The fourth-order valence-corrected chi connectivity index (χ4v) is 6.42. The summed E-state index contributed by atoms with van der Waals surface area (Å²) in [4.78, 5) is 39.4. The van der Waals surface area contributed by atoms with Crippen LogP contribution in [-0.4, -0.2) is 87.2 Å². The topological polar surface area (TPSA) is 142 Å². The van der Waals surface area contributed by atoms with Gasteiger partial charge in [0.25, 0.3) is 5.91 Å². The highest BCUT2D eigenvalue weighted by Crippen LogP contribution is 2.32. The van der Waals surface area contributed by atoms with Crippen LogP contribution in [0.25, 0.3) is 39.1 Å². The van der Waals surface area contributed by atoms with Crippen molar-refractivity contribution in [2.24, 2.45) is 0 Å². The van der Waals surface area contributed by atoms with Crippen LogP contribution in [0.1, 0.15) is 18.4 Å². The molecule has 0 unspecified atom stereocenters. The van der Waals surface area contributed by atoms with E-state index in [9.17, 15) is 14.0 Å². The Morgan fingerprint density at radius 2 is 1.79 bits per heavy atom. The van der Waals surface area contributed by atoms with E-state index in [1.54, 1.807) is 30.6 Å². The zero-order valence-corrected chi connectivity index (χ0v) is 26.4. The number of methoxy groups -OCH3 is 1. The van der Waals surface area contributed by atoms with Gasteiger partial charge in [0.05, 0.1) is 17.7 Å². The van der Waals surface area contributed by atoms with E-state index in [2.05, 4.69) is 43.7 Å². The van der Waals surface area contributed by atoms with Gasteiger partial charge in [0, 0.05) is 67.9 Å². The summed E-state index contributed by atoms with van der Waals surface area (Å²) in [6, 6.07) is 19.8. The minimum absolute atomic E-state index is 0.0218. The van der Waals surface area contributed by atoms with Gasteiger partial charge in [0.1, 0.15) is 11.5 Å². The normalized spacial score (nSPS) is 18.2. The van der Waals surface area contributed by atoms with Crippen LogP contribution in [-0.2, 0) is 14.3 Å². The minimum atomic E-state index is -1.11. The number of rotatable bonds is 8. The predicted octanol–water partition coefficient (Wildman–Crippen LogP) is 4.75. The molecule has 4 heterocycles. The van der Waals surface area contributed by atoms with Crippen molar-refractivity contribution >= 4 is 39.7 Å². The average Bonchev–Trinajstić information content (AvgIpc) is 3.75. The number of nitrogens with one attached hydrogen (secondary N) is 2. The molecule has 1 fully saturated rings. The van der Waals surface area contributed by atoms with Gasteiger partial charge in [-0.15, -0.1) is 0 Å². The minimum Gasteiger partial charge on any atom is -0.396 e.